The molecule has 38 heavy (non-hydrogen) atoms. The van der Waals surface area contributed by atoms with Gasteiger partial charge in [-0.15, -0.1) is 0 Å². The molecule has 8 heteroatoms. The summed E-state index contributed by atoms with van der Waals surface area (Å²) in [6.07, 6.45) is 6.05. The van der Waals surface area contributed by atoms with Crippen LogP contribution < -0.4 is 5.32 Å². The Morgan fingerprint density at radius 1 is 0.974 bits per heavy atom. The number of hydrogen-bond donors (Lipinski definition) is 1. The maximum Gasteiger partial charge on any atom is 0.243 e. The van der Waals surface area contributed by atoms with Crippen LogP contribution in [0.15, 0.2) is 66.7 Å². The number of likely N-dealkylation sites (tertiary alicyclic amines) is 1. The van der Waals surface area contributed by atoms with Crippen LogP contribution >= 0.6 is 11.6 Å². The van der Waals surface area contributed by atoms with Crippen molar-refractivity contribution in [2.75, 3.05) is 13.1 Å². The zero-order valence-electron chi connectivity index (χ0n) is 21.6. The van der Waals surface area contributed by atoms with Crippen molar-refractivity contribution in [1.82, 2.24) is 15.1 Å². The molecule has 1 fully saturated rings. The number of allylic oxidation sites excluding steroid dienone is 2. The van der Waals surface area contributed by atoms with E-state index in [0.29, 0.717) is 30.8 Å². The fourth-order valence-electron chi connectivity index (χ4n) is 5.15. The van der Waals surface area contributed by atoms with Crippen LogP contribution in [0.2, 0.25) is 5.02 Å². The molecule has 1 saturated heterocycles. The Labute approximate surface area is 228 Å². The van der Waals surface area contributed by atoms with Gasteiger partial charge < -0.3 is 10.2 Å². The van der Waals surface area contributed by atoms with Gasteiger partial charge in [-0.1, -0.05) is 73.1 Å². The minimum atomic E-state index is -0.760. The third kappa shape index (κ3) is 6.51. The van der Waals surface area contributed by atoms with Gasteiger partial charge in [-0.3, -0.25) is 24.1 Å². The van der Waals surface area contributed by atoms with Gasteiger partial charge in [0.2, 0.25) is 23.6 Å². The molecule has 1 N–H and O–H groups in total. The molecule has 4 amide bonds. The first-order valence-corrected chi connectivity index (χ1v) is 13.6. The first-order valence-electron chi connectivity index (χ1n) is 13.2. The first-order chi connectivity index (χ1) is 18.4. The number of halogens is 1. The lowest BCUT2D eigenvalue weighted by molar-refractivity contribution is -0.144. The molecule has 0 bridgehead atoms. The molecule has 1 heterocycles. The second-order valence-electron chi connectivity index (χ2n) is 9.88. The molecule has 1 aliphatic carbocycles. The topological polar surface area (TPSA) is 86.8 Å². The quantitative estimate of drug-likeness (QED) is 0.346. The third-order valence-electron chi connectivity index (χ3n) is 7.23. The molecular weight excluding hydrogens is 502 g/mol. The van der Waals surface area contributed by atoms with E-state index in [1.165, 1.54) is 4.90 Å². The van der Waals surface area contributed by atoms with Gasteiger partial charge >= 0.3 is 0 Å². The summed E-state index contributed by atoms with van der Waals surface area (Å²) >= 11 is 6.07. The lowest BCUT2D eigenvalue weighted by Gasteiger charge is -2.32. The van der Waals surface area contributed by atoms with E-state index in [4.69, 9.17) is 11.6 Å². The molecule has 4 rings (SSSR count). The van der Waals surface area contributed by atoms with Gasteiger partial charge in [0.1, 0.15) is 6.04 Å². The van der Waals surface area contributed by atoms with E-state index in [0.717, 1.165) is 17.5 Å². The second-order valence-corrected chi connectivity index (χ2v) is 10.3. The number of fused-ring (bicyclic) bond motifs is 1. The molecule has 2 aromatic carbocycles. The average Bonchev–Trinajstić information content (AvgIpc) is 3.18. The van der Waals surface area contributed by atoms with E-state index in [9.17, 15) is 19.2 Å². The molecule has 0 radical (unpaired) electrons. The molecule has 0 spiro atoms. The smallest absolute Gasteiger partial charge is 0.243 e. The molecule has 0 unspecified atom stereocenters. The Kier molecular flexibility index (Phi) is 9.34. The minimum Gasteiger partial charge on any atom is -0.354 e. The summed E-state index contributed by atoms with van der Waals surface area (Å²) in [5.74, 6) is -1.60. The summed E-state index contributed by atoms with van der Waals surface area (Å²) in [6.45, 7) is 2.68. The largest absolute Gasteiger partial charge is 0.354 e. The van der Waals surface area contributed by atoms with Gasteiger partial charge in [0, 0.05) is 37.5 Å². The SMILES string of the molecule is CCCNC(=O)[C@@H](Cc1ccccc1)N(Cc1ccc(Cl)cc1)C(=O)CCN1C(=O)[C@H]2CC=CC[C@H]2C1=O. The van der Waals surface area contributed by atoms with E-state index >= 15 is 0 Å². The number of carbonyl (C=O) groups excluding carboxylic acids is 4. The van der Waals surface area contributed by atoms with Crippen LogP contribution in [0, 0.1) is 11.8 Å². The highest BCUT2D eigenvalue weighted by Crippen LogP contribution is 2.35. The number of carbonyl (C=O) groups is 4. The zero-order valence-corrected chi connectivity index (χ0v) is 22.4. The molecule has 3 atom stereocenters. The number of imide groups is 1. The highest BCUT2D eigenvalue weighted by molar-refractivity contribution is 6.30. The molecule has 7 nitrogen and oxygen atoms in total. The van der Waals surface area contributed by atoms with Crippen LogP contribution in [0.3, 0.4) is 0 Å². The molecule has 0 aromatic heterocycles. The summed E-state index contributed by atoms with van der Waals surface area (Å²) in [4.78, 5) is 55.8. The standard InChI is InChI=1S/C30H34ClN3O4/c1-2-17-32-28(36)26(19-21-8-4-3-5-9-21)34(20-22-12-14-23(31)15-13-22)27(35)16-18-33-29(37)24-10-6-7-11-25(24)30(33)38/h3-9,12-15,24-26H,2,10-11,16-20H2,1H3,(H,32,36)/t24-,25+,26-/m1/s1. The first kappa shape index (κ1) is 27.6. The molecule has 1 aliphatic heterocycles. The molecule has 2 aromatic rings. The Hall–Kier alpha value is -3.45. The maximum absolute atomic E-state index is 13.8. The predicted octanol–water partition coefficient (Wildman–Crippen LogP) is 4.15. The Balaban J connectivity index is 1.57. The normalized spacial score (nSPS) is 19.3. The van der Waals surface area contributed by atoms with Crippen molar-refractivity contribution in [2.45, 2.75) is 51.6 Å². The highest BCUT2D eigenvalue weighted by Gasteiger charge is 2.47. The zero-order chi connectivity index (χ0) is 27.1. The predicted molar refractivity (Wildman–Crippen MR) is 146 cm³/mol. The van der Waals surface area contributed by atoms with Gasteiger partial charge in [-0.05, 0) is 42.5 Å². The van der Waals surface area contributed by atoms with E-state index in [1.807, 2.05) is 61.5 Å². The Morgan fingerprint density at radius 3 is 2.21 bits per heavy atom. The van der Waals surface area contributed by atoms with E-state index in [-0.39, 0.29) is 55.0 Å². The van der Waals surface area contributed by atoms with Crippen molar-refractivity contribution in [3.8, 4) is 0 Å². The van der Waals surface area contributed by atoms with Gasteiger partial charge in [0.15, 0.2) is 0 Å². The lowest BCUT2D eigenvalue weighted by Crippen LogP contribution is -2.51. The number of benzene rings is 2. The van der Waals surface area contributed by atoms with Gasteiger partial charge in [-0.25, -0.2) is 0 Å². The van der Waals surface area contributed by atoms with Crippen LogP contribution in [-0.2, 0) is 32.1 Å². The maximum atomic E-state index is 13.8. The Morgan fingerprint density at radius 2 is 1.61 bits per heavy atom. The number of nitrogens with zero attached hydrogens (tertiary/aromatic N) is 2. The molecule has 0 saturated carbocycles. The average molecular weight is 536 g/mol. The van der Waals surface area contributed by atoms with E-state index in [2.05, 4.69) is 5.32 Å². The monoisotopic (exact) mass is 535 g/mol. The molecule has 200 valence electrons. The van der Waals surface area contributed by atoms with Crippen molar-refractivity contribution < 1.29 is 19.2 Å². The number of rotatable bonds is 11. The van der Waals surface area contributed by atoms with Crippen LogP contribution in [0.1, 0.15) is 43.7 Å². The van der Waals surface area contributed by atoms with Crippen molar-refractivity contribution in [3.05, 3.63) is 82.9 Å². The lowest BCUT2D eigenvalue weighted by atomic mass is 9.85. The number of amides is 4. The van der Waals surface area contributed by atoms with Crippen molar-refractivity contribution >= 4 is 35.2 Å². The van der Waals surface area contributed by atoms with E-state index < -0.39 is 6.04 Å². The van der Waals surface area contributed by atoms with Crippen LogP contribution in [0.25, 0.3) is 0 Å². The highest BCUT2D eigenvalue weighted by atomic mass is 35.5. The summed E-state index contributed by atoms with van der Waals surface area (Å²) in [5, 5.41) is 3.53. The molecular formula is C30H34ClN3O4. The van der Waals surface area contributed by atoms with Crippen molar-refractivity contribution in [2.24, 2.45) is 11.8 Å². The molecule has 2 aliphatic rings. The van der Waals surface area contributed by atoms with Gasteiger partial charge in [-0.2, -0.15) is 0 Å². The third-order valence-corrected chi connectivity index (χ3v) is 7.49. The fourth-order valence-corrected chi connectivity index (χ4v) is 5.27. The number of hydrogen-bond acceptors (Lipinski definition) is 4. The van der Waals surface area contributed by atoms with Crippen LogP contribution in [-0.4, -0.2) is 52.6 Å². The number of nitrogens with one attached hydrogen (secondary N) is 1. The summed E-state index contributed by atoms with van der Waals surface area (Å²) in [7, 11) is 0. The summed E-state index contributed by atoms with van der Waals surface area (Å²) < 4.78 is 0. The van der Waals surface area contributed by atoms with Crippen molar-refractivity contribution in [3.63, 3.8) is 0 Å². The van der Waals surface area contributed by atoms with Crippen molar-refractivity contribution in [1.29, 1.82) is 0 Å². The summed E-state index contributed by atoms with van der Waals surface area (Å²) in [6, 6.07) is 16.0. The van der Waals surface area contributed by atoms with Gasteiger partial charge in [0.05, 0.1) is 11.8 Å². The van der Waals surface area contributed by atoms with Crippen LogP contribution in [0.5, 0.6) is 0 Å². The van der Waals surface area contributed by atoms with Crippen LogP contribution in [0.4, 0.5) is 0 Å². The Bertz CT molecular complexity index is 1160. The fraction of sp³-hybridized carbons (Fsp3) is 0.400. The summed E-state index contributed by atoms with van der Waals surface area (Å²) in [5.41, 5.74) is 1.76. The van der Waals surface area contributed by atoms with Gasteiger partial charge in [0.25, 0.3) is 0 Å². The second kappa shape index (κ2) is 12.9. The van der Waals surface area contributed by atoms with E-state index in [1.54, 1.807) is 17.0 Å². The minimum absolute atomic E-state index is 0.00918.